The first-order valence-corrected chi connectivity index (χ1v) is 8.07. The van der Waals surface area contributed by atoms with Crippen LogP contribution in [0.5, 0.6) is 0 Å². The summed E-state index contributed by atoms with van der Waals surface area (Å²) in [5.41, 5.74) is 0. The van der Waals surface area contributed by atoms with Crippen LogP contribution in [0.3, 0.4) is 0 Å². The second-order valence-electron chi connectivity index (χ2n) is 6.10. The highest BCUT2D eigenvalue weighted by atomic mass is 16.5. The Morgan fingerprint density at radius 1 is 1.29 bits per heavy atom. The number of likely N-dealkylation sites (N-methyl/N-ethyl adjacent to an activating group) is 1. The molecule has 118 valence electrons. The van der Waals surface area contributed by atoms with Gasteiger partial charge in [-0.05, 0) is 32.1 Å². The van der Waals surface area contributed by atoms with Crippen molar-refractivity contribution in [2.45, 2.75) is 32.2 Å². The van der Waals surface area contributed by atoms with Crippen molar-refractivity contribution >= 4 is 5.91 Å². The summed E-state index contributed by atoms with van der Waals surface area (Å²) in [7, 11) is 1.92. The molecule has 2 aliphatic rings. The van der Waals surface area contributed by atoms with Crippen molar-refractivity contribution in [2.75, 3.05) is 39.9 Å². The fraction of sp³-hybridized carbons (Fsp3) is 0.706. The molecule has 1 atom stereocenters. The summed E-state index contributed by atoms with van der Waals surface area (Å²) in [5, 5.41) is 0. The van der Waals surface area contributed by atoms with Crippen molar-refractivity contribution in [1.29, 1.82) is 0 Å². The molecule has 0 aromatic heterocycles. The monoisotopic (exact) mass is 292 g/mol. The van der Waals surface area contributed by atoms with Gasteiger partial charge in [-0.25, -0.2) is 0 Å². The molecule has 1 amide bonds. The van der Waals surface area contributed by atoms with E-state index in [-0.39, 0.29) is 5.91 Å². The normalized spacial score (nSPS) is 25.1. The van der Waals surface area contributed by atoms with Crippen LogP contribution in [0.15, 0.2) is 24.3 Å². The molecule has 2 saturated heterocycles. The lowest BCUT2D eigenvalue weighted by Crippen LogP contribution is -2.46. The Labute approximate surface area is 128 Å². The van der Waals surface area contributed by atoms with Gasteiger partial charge in [-0.15, -0.1) is 0 Å². The van der Waals surface area contributed by atoms with Gasteiger partial charge in [-0.1, -0.05) is 18.2 Å². The van der Waals surface area contributed by atoms with E-state index in [1.165, 1.54) is 6.42 Å². The van der Waals surface area contributed by atoms with Crippen LogP contribution in [0.25, 0.3) is 0 Å². The van der Waals surface area contributed by atoms with E-state index in [9.17, 15) is 4.79 Å². The van der Waals surface area contributed by atoms with Gasteiger partial charge in [0.2, 0.25) is 5.91 Å². The molecule has 0 spiro atoms. The predicted octanol–water partition coefficient (Wildman–Crippen LogP) is 2.08. The lowest BCUT2D eigenvalue weighted by molar-refractivity contribution is -0.127. The van der Waals surface area contributed by atoms with Crippen molar-refractivity contribution in [3.8, 4) is 0 Å². The number of carbonyl (C=O) groups is 1. The number of amides is 1. The van der Waals surface area contributed by atoms with Gasteiger partial charge in [0, 0.05) is 45.4 Å². The molecule has 0 saturated carbocycles. The molecule has 4 nitrogen and oxygen atoms in total. The second-order valence-corrected chi connectivity index (χ2v) is 6.10. The number of rotatable bonds is 5. The van der Waals surface area contributed by atoms with Crippen LogP contribution in [-0.2, 0) is 9.53 Å². The Morgan fingerprint density at radius 3 is 2.67 bits per heavy atom. The Kier molecular flexibility index (Phi) is 6.46. The molecule has 0 bridgehead atoms. The van der Waals surface area contributed by atoms with Crippen LogP contribution in [0, 0.1) is 5.92 Å². The highest BCUT2D eigenvalue weighted by molar-refractivity contribution is 5.87. The van der Waals surface area contributed by atoms with E-state index in [1.54, 1.807) is 6.08 Å². The van der Waals surface area contributed by atoms with Crippen LogP contribution in [0.2, 0.25) is 0 Å². The molecule has 0 N–H and O–H groups in total. The topological polar surface area (TPSA) is 32.8 Å². The van der Waals surface area contributed by atoms with Crippen LogP contribution >= 0.6 is 0 Å². The van der Waals surface area contributed by atoms with Gasteiger partial charge in [0.15, 0.2) is 0 Å². The molecular weight excluding hydrogens is 264 g/mol. The fourth-order valence-electron chi connectivity index (χ4n) is 3.13. The Hall–Kier alpha value is -1.13. The molecule has 0 aromatic carbocycles. The van der Waals surface area contributed by atoms with Gasteiger partial charge < -0.3 is 14.5 Å². The van der Waals surface area contributed by atoms with Gasteiger partial charge >= 0.3 is 0 Å². The maximum Gasteiger partial charge on any atom is 0.246 e. The van der Waals surface area contributed by atoms with E-state index < -0.39 is 0 Å². The molecule has 2 aliphatic heterocycles. The molecule has 21 heavy (non-hydrogen) atoms. The largest absolute Gasteiger partial charge is 0.381 e. The average Bonchev–Trinajstić information content (AvgIpc) is 3.00. The zero-order valence-electron chi connectivity index (χ0n) is 13.3. The van der Waals surface area contributed by atoms with E-state index in [0.717, 1.165) is 45.7 Å². The van der Waals surface area contributed by atoms with Crippen LogP contribution < -0.4 is 0 Å². The number of likely N-dealkylation sites (tertiary alicyclic amines) is 1. The minimum atomic E-state index is 0.107. The van der Waals surface area contributed by atoms with E-state index in [2.05, 4.69) is 4.90 Å². The number of allylic oxidation sites excluding steroid dienone is 3. The minimum absolute atomic E-state index is 0.107. The van der Waals surface area contributed by atoms with E-state index in [1.807, 2.05) is 37.1 Å². The molecule has 0 aromatic rings. The first kappa shape index (κ1) is 16.2. The summed E-state index contributed by atoms with van der Waals surface area (Å²) in [6, 6.07) is 0.379. The average molecular weight is 292 g/mol. The van der Waals surface area contributed by atoms with Gasteiger partial charge in [-0.3, -0.25) is 4.79 Å². The Balaban J connectivity index is 1.73. The maximum absolute atomic E-state index is 12.1. The van der Waals surface area contributed by atoms with Crippen molar-refractivity contribution in [3.05, 3.63) is 24.3 Å². The number of nitrogens with zero attached hydrogens (tertiary/aromatic N) is 2. The summed E-state index contributed by atoms with van der Waals surface area (Å²) in [6.45, 7) is 7.15. The zero-order valence-corrected chi connectivity index (χ0v) is 13.3. The number of piperidine rings is 1. The third-order valence-corrected chi connectivity index (χ3v) is 4.54. The SMILES string of the molecule is CC=CC=CC(=O)N(C)C1CCN(CC2CCOC2)CC1. The number of hydrogen-bond donors (Lipinski definition) is 0. The molecule has 2 fully saturated rings. The fourth-order valence-corrected chi connectivity index (χ4v) is 3.13. The van der Waals surface area contributed by atoms with Crippen molar-refractivity contribution < 1.29 is 9.53 Å². The second kappa shape index (κ2) is 8.35. The van der Waals surface area contributed by atoms with Crippen LogP contribution in [0.1, 0.15) is 26.2 Å². The molecule has 0 aliphatic carbocycles. The van der Waals surface area contributed by atoms with Gasteiger partial charge in [0.05, 0.1) is 6.61 Å². The van der Waals surface area contributed by atoms with E-state index in [4.69, 9.17) is 4.74 Å². The first-order valence-electron chi connectivity index (χ1n) is 8.07. The summed E-state index contributed by atoms with van der Waals surface area (Å²) < 4.78 is 5.44. The number of hydrogen-bond acceptors (Lipinski definition) is 3. The lowest BCUT2D eigenvalue weighted by atomic mass is 10.0. The Bertz CT molecular complexity index is 378. The molecular formula is C17H28N2O2. The third-order valence-electron chi connectivity index (χ3n) is 4.54. The number of carbonyl (C=O) groups excluding carboxylic acids is 1. The molecule has 2 heterocycles. The van der Waals surface area contributed by atoms with Crippen LogP contribution in [0.4, 0.5) is 0 Å². The number of ether oxygens (including phenoxy) is 1. The highest BCUT2D eigenvalue weighted by Gasteiger charge is 2.26. The van der Waals surface area contributed by atoms with Crippen molar-refractivity contribution in [3.63, 3.8) is 0 Å². The predicted molar refractivity (Wildman–Crippen MR) is 85.1 cm³/mol. The molecule has 1 unspecified atom stereocenters. The first-order chi connectivity index (χ1) is 10.2. The smallest absolute Gasteiger partial charge is 0.246 e. The molecule has 0 radical (unpaired) electrons. The van der Waals surface area contributed by atoms with E-state index in [0.29, 0.717) is 12.0 Å². The standard InChI is InChI=1S/C17H28N2O2/c1-3-4-5-6-17(20)18(2)16-7-10-19(11-8-16)13-15-9-12-21-14-15/h3-6,15-16H,7-14H2,1-2H3. The van der Waals surface area contributed by atoms with Gasteiger partial charge in [0.1, 0.15) is 0 Å². The summed E-state index contributed by atoms with van der Waals surface area (Å²) in [5.74, 6) is 0.820. The molecule has 4 heteroatoms. The highest BCUT2D eigenvalue weighted by Crippen LogP contribution is 2.20. The summed E-state index contributed by atoms with van der Waals surface area (Å²) in [4.78, 5) is 16.5. The van der Waals surface area contributed by atoms with Crippen LogP contribution in [-0.4, -0.2) is 61.6 Å². The summed E-state index contributed by atoms with van der Waals surface area (Å²) >= 11 is 0. The quantitative estimate of drug-likeness (QED) is 0.574. The summed E-state index contributed by atoms with van der Waals surface area (Å²) in [6.07, 6.45) is 10.6. The molecule has 2 rings (SSSR count). The van der Waals surface area contributed by atoms with Gasteiger partial charge in [-0.2, -0.15) is 0 Å². The maximum atomic E-state index is 12.1. The third kappa shape index (κ3) is 4.97. The lowest BCUT2D eigenvalue weighted by Gasteiger charge is -2.37. The minimum Gasteiger partial charge on any atom is -0.381 e. The van der Waals surface area contributed by atoms with Crippen molar-refractivity contribution in [1.82, 2.24) is 9.80 Å². The zero-order chi connectivity index (χ0) is 15.1. The van der Waals surface area contributed by atoms with E-state index >= 15 is 0 Å². The Morgan fingerprint density at radius 2 is 2.05 bits per heavy atom. The van der Waals surface area contributed by atoms with Gasteiger partial charge in [0.25, 0.3) is 0 Å². The van der Waals surface area contributed by atoms with Crippen molar-refractivity contribution in [2.24, 2.45) is 5.92 Å².